The van der Waals surface area contributed by atoms with Crippen LogP contribution in [-0.4, -0.2) is 46.7 Å². The molecule has 1 aliphatic heterocycles. The van der Waals surface area contributed by atoms with Gasteiger partial charge in [0.2, 0.25) is 5.60 Å². The maximum absolute atomic E-state index is 13.4. The van der Waals surface area contributed by atoms with Gasteiger partial charge in [0.05, 0.1) is 12.8 Å². The lowest BCUT2D eigenvalue weighted by Gasteiger charge is -2.29. The third kappa shape index (κ3) is 5.43. The van der Waals surface area contributed by atoms with E-state index in [4.69, 9.17) is 4.74 Å². The molecular formula is C23H26BrF2N2O3-. The molecule has 0 amide bonds. The molecule has 1 atom stereocenters. The number of rotatable bonds is 8. The molecule has 2 aromatic carbocycles. The zero-order chi connectivity index (χ0) is 21.7. The molecule has 0 fully saturated rings. The van der Waals surface area contributed by atoms with E-state index in [9.17, 15) is 18.7 Å². The number of esters is 1. The van der Waals surface area contributed by atoms with Crippen LogP contribution >= 0.6 is 0 Å². The maximum atomic E-state index is 13.4. The Kier molecular flexibility index (Phi) is 8.59. The molecule has 0 spiro atoms. The topological polar surface area (TPSA) is 53.0 Å². The van der Waals surface area contributed by atoms with E-state index >= 15 is 0 Å². The standard InChI is InChI=1S/C23H26F2N2O3.BrH/c1-3-26-14-15-27(17(26)2)13-4-16-30-22(28)23(29,18-5-9-20(24)10-6-18)19-7-11-21(25)12-8-19;/h5-12,14-15,17,29H,3-4,13,16H2,1-2H3;1H/p-1. The van der Waals surface area contributed by atoms with Crippen molar-refractivity contribution >= 4 is 5.97 Å². The van der Waals surface area contributed by atoms with E-state index in [-0.39, 0.29) is 40.9 Å². The van der Waals surface area contributed by atoms with Crippen molar-refractivity contribution in [3.63, 3.8) is 0 Å². The van der Waals surface area contributed by atoms with Gasteiger partial charge < -0.3 is 36.6 Å². The van der Waals surface area contributed by atoms with Gasteiger partial charge in [-0.3, -0.25) is 0 Å². The molecule has 8 heteroatoms. The Morgan fingerprint density at radius 3 is 1.94 bits per heavy atom. The number of hydrogen-bond donors (Lipinski definition) is 1. The first-order valence-corrected chi connectivity index (χ1v) is 9.97. The largest absolute Gasteiger partial charge is 1.00 e. The van der Waals surface area contributed by atoms with Gasteiger partial charge in [0.25, 0.3) is 0 Å². The Morgan fingerprint density at radius 2 is 1.48 bits per heavy atom. The van der Waals surface area contributed by atoms with Crippen molar-refractivity contribution in [2.45, 2.75) is 32.0 Å². The molecule has 0 bridgehead atoms. The lowest BCUT2D eigenvalue weighted by molar-refractivity contribution is -0.162. The zero-order valence-corrected chi connectivity index (χ0v) is 19.1. The highest BCUT2D eigenvalue weighted by Gasteiger charge is 2.41. The van der Waals surface area contributed by atoms with E-state index in [0.29, 0.717) is 13.0 Å². The number of nitrogens with zero attached hydrogens (tertiary/aromatic N) is 2. The summed E-state index contributed by atoms with van der Waals surface area (Å²) in [5.74, 6) is -1.88. The van der Waals surface area contributed by atoms with Crippen LogP contribution in [0.2, 0.25) is 0 Å². The summed E-state index contributed by atoms with van der Waals surface area (Å²) in [6, 6.07) is 9.86. The normalized spacial score (nSPS) is 15.7. The van der Waals surface area contributed by atoms with Crippen LogP contribution in [0.3, 0.4) is 0 Å². The molecule has 3 rings (SSSR count). The highest BCUT2D eigenvalue weighted by molar-refractivity contribution is 5.85. The fourth-order valence-corrected chi connectivity index (χ4v) is 3.54. The lowest BCUT2D eigenvalue weighted by atomic mass is 9.86. The summed E-state index contributed by atoms with van der Waals surface area (Å²) in [7, 11) is 0. The van der Waals surface area contributed by atoms with Gasteiger partial charge >= 0.3 is 5.97 Å². The molecule has 0 aliphatic carbocycles. The number of carbonyl (C=O) groups excluding carboxylic acids is 1. The third-order valence-electron chi connectivity index (χ3n) is 5.39. The van der Waals surface area contributed by atoms with E-state index in [1.165, 1.54) is 24.3 Å². The third-order valence-corrected chi connectivity index (χ3v) is 5.39. The van der Waals surface area contributed by atoms with Gasteiger partial charge in [-0.1, -0.05) is 24.3 Å². The average Bonchev–Trinajstić information content (AvgIpc) is 3.11. The van der Waals surface area contributed by atoms with Crippen LogP contribution in [0, 0.1) is 11.6 Å². The number of benzene rings is 2. The van der Waals surface area contributed by atoms with Gasteiger partial charge in [0.15, 0.2) is 0 Å². The molecular weight excluding hydrogens is 470 g/mol. The molecule has 1 unspecified atom stereocenters. The number of hydrogen-bond acceptors (Lipinski definition) is 5. The summed E-state index contributed by atoms with van der Waals surface area (Å²) in [5, 5.41) is 11.3. The Labute approximate surface area is 191 Å². The Morgan fingerprint density at radius 1 is 1.00 bits per heavy atom. The van der Waals surface area contributed by atoms with Crippen LogP contribution in [0.25, 0.3) is 0 Å². The monoisotopic (exact) mass is 495 g/mol. The molecule has 5 nitrogen and oxygen atoms in total. The first-order chi connectivity index (χ1) is 14.4. The molecule has 31 heavy (non-hydrogen) atoms. The quantitative estimate of drug-likeness (QED) is 0.429. The SMILES string of the molecule is CCN1C=CN(CCCOC(=O)C(O)(c2ccc(F)cc2)c2ccc(F)cc2)C1C.[Br-]. The van der Waals surface area contributed by atoms with Crippen LogP contribution in [-0.2, 0) is 15.1 Å². The van der Waals surface area contributed by atoms with Crippen molar-refractivity contribution in [1.82, 2.24) is 9.80 Å². The van der Waals surface area contributed by atoms with Crippen molar-refractivity contribution in [2.75, 3.05) is 19.7 Å². The fourth-order valence-electron chi connectivity index (χ4n) is 3.54. The van der Waals surface area contributed by atoms with Gasteiger partial charge in [-0.05, 0) is 55.7 Å². The van der Waals surface area contributed by atoms with Crippen molar-refractivity contribution in [3.8, 4) is 0 Å². The number of ether oxygens (including phenoxy) is 1. The van der Waals surface area contributed by atoms with Crippen LogP contribution in [0.5, 0.6) is 0 Å². The van der Waals surface area contributed by atoms with Crippen LogP contribution < -0.4 is 17.0 Å². The minimum Gasteiger partial charge on any atom is -1.00 e. The second-order valence-corrected chi connectivity index (χ2v) is 7.21. The maximum Gasteiger partial charge on any atom is 0.347 e. The predicted molar refractivity (Wildman–Crippen MR) is 109 cm³/mol. The van der Waals surface area contributed by atoms with Crippen molar-refractivity contribution in [1.29, 1.82) is 0 Å². The average molecular weight is 496 g/mol. The second kappa shape index (κ2) is 10.7. The van der Waals surface area contributed by atoms with Crippen molar-refractivity contribution < 1.29 is 40.4 Å². The summed E-state index contributed by atoms with van der Waals surface area (Å²) in [4.78, 5) is 17.2. The molecule has 0 aromatic heterocycles. The lowest BCUT2D eigenvalue weighted by Crippen LogP contribution is -3.00. The molecule has 168 valence electrons. The summed E-state index contributed by atoms with van der Waals surface area (Å²) < 4.78 is 32.1. The molecule has 0 saturated heterocycles. The summed E-state index contributed by atoms with van der Waals surface area (Å²) >= 11 is 0. The van der Waals surface area contributed by atoms with Crippen molar-refractivity contribution in [2.24, 2.45) is 0 Å². The van der Waals surface area contributed by atoms with Crippen LogP contribution in [0.15, 0.2) is 60.9 Å². The Hall–Kier alpha value is -2.45. The van der Waals surface area contributed by atoms with Crippen LogP contribution in [0.1, 0.15) is 31.4 Å². The van der Waals surface area contributed by atoms with E-state index in [1.54, 1.807) is 0 Å². The predicted octanol–water partition coefficient (Wildman–Crippen LogP) is 0.593. The second-order valence-electron chi connectivity index (χ2n) is 7.21. The minimum absolute atomic E-state index is 0. The van der Waals surface area contributed by atoms with E-state index in [0.717, 1.165) is 30.8 Å². The van der Waals surface area contributed by atoms with Gasteiger partial charge in [0, 0.05) is 25.5 Å². The molecule has 1 N–H and O–H groups in total. The molecule has 0 saturated carbocycles. The number of aliphatic hydroxyl groups is 1. The molecule has 2 aromatic rings. The van der Waals surface area contributed by atoms with Gasteiger partial charge in [-0.25, -0.2) is 13.6 Å². The summed E-state index contributed by atoms with van der Waals surface area (Å²) in [5.41, 5.74) is -1.87. The summed E-state index contributed by atoms with van der Waals surface area (Å²) in [6.07, 6.45) is 4.84. The van der Waals surface area contributed by atoms with E-state index in [1.807, 2.05) is 12.4 Å². The molecule has 1 aliphatic rings. The first kappa shape index (κ1) is 24.8. The van der Waals surface area contributed by atoms with E-state index in [2.05, 4.69) is 23.6 Å². The van der Waals surface area contributed by atoms with Gasteiger partial charge in [0.1, 0.15) is 11.6 Å². The summed E-state index contributed by atoms with van der Waals surface area (Å²) in [6.45, 7) is 5.88. The Balaban J connectivity index is 0.00000341. The number of halogens is 3. The van der Waals surface area contributed by atoms with Crippen LogP contribution in [0.4, 0.5) is 8.78 Å². The molecule has 1 heterocycles. The Bertz CT molecular complexity index is 845. The number of carbonyl (C=O) groups is 1. The van der Waals surface area contributed by atoms with Gasteiger partial charge in [-0.2, -0.15) is 0 Å². The first-order valence-electron chi connectivity index (χ1n) is 9.97. The van der Waals surface area contributed by atoms with Crippen molar-refractivity contribution in [3.05, 3.63) is 83.7 Å². The minimum atomic E-state index is -2.17. The fraction of sp³-hybridized carbons (Fsp3) is 0.348. The highest BCUT2D eigenvalue weighted by Crippen LogP contribution is 2.31. The van der Waals surface area contributed by atoms with E-state index < -0.39 is 23.2 Å². The van der Waals surface area contributed by atoms with Gasteiger partial charge in [-0.15, -0.1) is 0 Å². The smallest absolute Gasteiger partial charge is 0.347 e. The zero-order valence-electron chi connectivity index (χ0n) is 17.5. The molecule has 0 radical (unpaired) electrons. The highest BCUT2D eigenvalue weighted by atomic mass is 79.9.